The van der Waals surface area contributed by atoms with Crippen molar-refractivity contribution < 1.29 is 31.1 Å². The van der Waals surface area contributed by atoms with Crippen molar-refractivity contribution in [1.29, 1.82) is 0 Å². The lowest BCUT2D eigenvalue weighted by molar-refractivity contribution is -0.278. The van der Waals surface area contributed by atoms with E-state index in [2.05, 4.69) is 5.32 Å². The quantitative estimate of drug-likeness (QED) is 0.728. The van der Waals surface area contributed by atoms with E-state index in [0.29, 0.717) is 4.90 Å². The molecule has 0 aliphatic carbocycles. The number of carbonyl (C=O) groups excluding carboxylic acids is 1. The average Bonchev–Trinajstić information content (AvgIpc) is 2.24. The summed E-state index contributed by atoms with van der Waals surface area (Å²) in [4.78, 5) is 12.1. The highest BCUT2D eigenvalue weighted by molar-refractivity contribution is 5.81. The normalized spacial score (nSPS) is 21.9. The molecular weight excluding hydrogens is 280 g/mol. The number of hydrogen-bond acceptors (Lipinski definition) is 3. The number of halogens is 6. The molecule has 1 aliphatic heterocycles. The third kappa shape index (κ3) is 3.72. The van der Waals surface area contributed by atoms with Gasteiger partial charge in [-0.05, 0) is 0 Å². The maximum absolute atomic E-state index is 12.4. The largest absolute Gasteiger partial charge is 0.409 e. The van der Waals surface area contributed by atoms with Crippen LogP contribution in [0.1, 0.15) is 0 Å². The van der Waals surface area contributed by atoms with Crippen molar-refractivity contribution in [2.45, 2.75) is 18.4 Å². The van der Waals surface area contributed by atoms with Crippen molar-refractivity contribution in [3.8, 4) is 0 Å². The second kappa shape index (κ2) is 5.53. The van der Waals surface area contributed by atoms with Gasteiger partial charge in [-0.2, -0.15) is 26.3 Å². The molecule has 19 heavy (non-hydrogen) atoms. The third-order valence-electron chi connectivity index (χ3n) is 2.81. The zero-order valence-electron chi connectivity index (χ0n) is 9.68. The van der Waals surface area contributed by atoms with E-state index in [1.165, 1.54) is 0 Å². The van der Waals surface area contributed by atoms with Crippen molar-refractivity contribution in [2.75, 3.05) is 26.2 Å². The molecule has 10 heteroatoms. The number of nitrogens with two attached hydrogens (primary N) is 1. The second-order valence-electron chi connectivity index (χ2n) is 4.14. The van der Waals surface area contributed by atoms with E-state index in [-0.39, 0.29) is 26.2 Å². The van der Waals surface area contributed by atoms with Gasteiger partial charge in [-0.15, -0.1) is 0 Å². The molecule has 0 spiro atoms. The highest BCUT2D eigenvalue weighted by atomic mass is 19.4. The molecule has 0 radical (unpaired) electrons. The molecular formula is C9H13F6N3O. The van der Waals surface area contributed by atoms with Crippen LogP contribution < -0.4 is 11.1 Å². The zero-order valence-corrected chi connectivity index (χ0v) is 9.68. The Kier molecular flexibility index (Phi) is 4.67. The van der Waals surface area contributed by atoms with E-state index >= 15 is 0 Å². The van der Waals surface area contributed by atoms with E-state index in [1.54, 1.807) is 0 Å². The topological polar surface area (TPSA) is 58.4 Å². The molecule has 1 heterocycles. The van der Waals surface area contributed by atoms with Crippen molar-refractivity contribution in [3.63, 3.8) is 0 Å². The van der Waals surface area contributed by atoms with E-state index in [9.17, 15) is 31.1 Å². The second-order valence-corrected chi connectivity index (χ2v) is 4.14. The molecule has 3 N–H and O–H groups in total. The zero-order chi connectivity index (χ0) is 14.8. The first-order valence-corrected chi connectivity index (χ1v) is 5.43. The summed E-state index contributed by atoms with van der Waals surface area (Å²) in [5, 5.41) is 2.75. The summed E-state index contributed by atoms with van der Waals surface area (Å²) in [6, 6.07) is -0.867. The van der Waals surface area contributed by atoms with Gasteiger partial charge in [0.15, 0.2) is 0 Å². The van der Waals surface area contributed by atoms with Gasteiger partial charge in [-0.25, -0.2) is 0 Å². The minimum atomic E-state index is -5.67. The van der Waals surface area contributed by atoms with E-state index in [0.717, 1.165) is 0 Å². The van der Waals surface area contributed by atoms with Crippen LogP contribution in [0.25, 0.3) is 0 Å². The fourth-order valence-electron chi connectivity index (χ4n) is 1.89. The molecule has 1 aliphatic rings. The van der Waals surface area contributed by atoms with Crippen LogP contribution in [0.3, 0.4) is 0 Å². The van der Waals surface area contributed by atoms with Gasteiger partial charge in [-0.1, -0.05) is 0 Å². The van der Waals surface area contributed by atoms with Gasteiger partial charge in [0.25, 0.3) is 0 Å². The smallest absolute Gasteiger partial charge is 0.335 e. The maximum Gasteiger partial charge on any atom is 0.409 e. The minimum absolute atomic E-state index is 0.0741. The highest BCUT2D eigenvalue weighted by Gasteiger charge is 2.62. The van der Waals surface area contributed by atoms with Crippen molar-refractivity contribution >= 4 is 5.91 Å². The Morgan fingerprint density at radius 3 is 2.21 bits per heavy atom. The van der Waals surface area contributed by atoms with Crippen molar-refractivity contribution in [2.24, 2.45) is 11.7 Å². The molecule has 0 aromatic carbocycles. The average molecular weight is 293 g/mol. The molecule has 0 aromatic rings. The van der Waals surface area contributed by atoms with Crippen molar-refractivity contribution in [3.05, 3.63) is 0 Å². The van der Waals surface area contributed by atoms with E-state index < -0.39 is 30.2 Å². The first kappa shape index (κ1) is 16.0. The predicted molar refractivity (Wildman–Crippen MR) is 53.0 cm³/mol. The number of hydrogen-bond donors (Lipinski definition) is 2. The Balaban J connectivity index is 2.99. The van der Waals surface area contributed by atoms with Crippen LogP contribution in [-0.4, -0.2) is 55.4 Å². The summed E-state index contributed by atoms with van der Waals surface area (Å²) in [7, 11) is 0. The van der Waals surface area contributed by atoms with E-state index in [1.807, 2.05) is 0 Å². The lowest BCUT2D eigenvalue weighted by Gasteiger charge is -2.38. The summed E-state index contributed by atoms with van der Waals surface area (Å²) >= 11 is 0. The van der Waals surface area contributed by atoms with Crippen LogP contribution in [0.15, 0.2) is 0 Å². The molecule has 1 fully saturated rings. The van der Waals surface area contributed by atoms with Crippen LogP contribution in [0, 0.1) is 5.92 Å². The van der Waals surface area contributed by atoms with Crippen LogP contribution >= 0.6 is 0 Å². The maximum atomic E-state index is 12.4. The van der Waals surface area contributed by atoms with Gasteiger partial charge in [-0.3, -0.25) is 4.79 Å². The summed E-state index contributed by atoms with van der Waals surface area (Å²) in [5.74, 6) is -5.98. The van der Waals surface area contributed by atoms with Gasteiger partial charge >= 0.3 is 12.4 Å². The van der Waals surface area contributed by atoms with Crippen LogP contribution in [-0.2, 0) is 4.79 Å². The lowest BCUT2D eigenvalue weighted by atomic mass is 10.0. The predicted octanol–water partition coefficient (Wildman–Crippen LogP) is 0.486. The first-order chi connectivity index (χ1) is 8.59. The minimum Gasteiger partial charge on any atom is -0.335 e. The Morgan fingerprint density at radius 2 is 1.79 bits per heavy atom. The molecule has 0 bridgehead atoms. The van der Waals surface area contributed by atoms with E-state index in [4.69, 9.17) is 5.73 Å². The van der Waals surface area contributed by atoms with Crippen LogP contribution in [0.4, 0.5) is 26.3 Å². The lowest BCUT2D eigenvalue weighted by Crippen LogP contribution is -2.60. The Bertz CT molecular complexity index is 315. The van der Waals surface area contributed by atoms with Gasteiger partial charge in [0.05, 0.1) is 6.04 Å². The van der Waals surface area contributed by atoms with Crippen LogP contribution in [0.2, 0.25) is 0 Å². The molecule has 0 saturated carbocycles. The summed E-state index contributed by atoms with van der Waals surface area (Å²) in [6.07, 6.45) is -11.3. The standard InChI is InChI=1S/C9H13F6N3O/c10-8(11,12)6(9(13,14)15)7(19)18-2-1-17-4-5(18)3-16/h5-6,17H,1-4,16H2. The SMILES string of the molecule is NCC1CNCCN1C(=O)C(C(F)(F)F)C(F)(F)F. The number of nitrogens with zero attached hydrogens (tertiary/aromatic N) is 1. The van der Waals surface area contributed by atoms with Gasteiger partial charge in [0.1, 0.15) is 0 Å². The summed E-state index contributed by atoms with van der Waals surface area (Å²) < 4.78 is 74.6. The number of piperazine rings is 1. The molecule has 1 unspecified atom stereocenters. The molecule has 1 rings (SSSR count). The summed E-state index contributed by atoms with van der Waals surface area (Å²) in [6.45, 7) is -0.236. The number of nitrogens with one attached hydrogen (secondary N) is 1. The molecule has 112 valence electrons. The Labute approximate surface area is 104 Å². The Morgan fingerprint density at radius 1 is 1.26 bits per heavy atom. The van der Waals surface area contributed by atoms with Gasteiger partial charge in [0.2, 0.25) is 11.8 Å². The highest BCUT2D eigenvalue weighted by Crippen LogP contribution is 2.40. The number of carbonyl (C=O) groups is 1. The van der Waals surface area contributed by atoms with Gasteiger partial charge in [0, 0.05) is 26.2 Å². The fraction of sp³-hybridized carbons (Fsp3) is 0.889. The first-order valence-electron chi connectivity index (χ1n) is 5.43. The number of amides is 1. The van der Waals surface area contributed by atoms with Crippen molar-refractivity contribution in [1.82, 2.24) is 10.2 Å². The van der Waals surface area contributed by atoms with Crippen LogP contribution in [0.5, 0.6) is 0 Å². The number of rotatable bonds is 2. The molecule has 1 atom stereocenters. The number of alkyl halides is 6. The van der Waals surface area contributed by atoms with Gasteiger partial charge < -0.3 is 16.0 Å². The molecule has 4 nitrogen and oxygen atoms in total. The Hall–Kier alpha value is -1.03. The monoisotopic (exact) mass is 293 g/mol. The molecule has 1 amide bonds. The molecule has 1 saturated heterocycles. The molecule has 0 aromatic heterocycles. The fourth-order valence-corrected chi connectivity index (χ4v) is 1.89. The third-order valence-corrected chi connectivity index (χ3v) is 2.81. The summed E-state index contributed by atoms with van der Waals surface area (Å²) in [5.41, 5.74) is 5.25.